The fourth-order valence-electron chi connectivity index (χ4n) is 3.01. The van der Waals surface area contributed by atoms with E-state index in [0.29, 0.717) is 18.7 Å². The van der Waals surface area contributed by atoms with Crippen molar-refractivity contribution >= 4 is 15.9 Å². The molecule has 0 saturated carbocycles. The summed E-state index contributed by atoms with van der Waals surface area (Å²) in [6.07, 6.45) is 0. The number of rotatable bonds is 8. The van der Waals surface area contributed by atoms with Crippen molar-refractivity contribution in [2.75, 3.05) is 13.1 Å². The third kappa shape index (κ3) is 4.96. The second-order valence-electron chi connectivity index (χ2n) is 6.72. The van der Waals surface area contributed by atoms with Crippen LogP contribution >= 0.6 is 0 Å². The number of carbonyl (C=O) groups excluding carboxylic acids is 1. The molecular formula is C21H28N2O3S. The Labute approximate surface area is 162 Å². The van der Waals surface area contributed by atoms with Crippen LogP contribution in [0.5, 0.6) is 0 Å². The lowest BCUT2D eigenvalue weighted by molar-refractivity contribution is 0.0925. The van der Waals surface area contributed by atoms with Gasteiger partial charge in [0, 0.05) is 18.7 Å². The van der Waals surface area contributed by atoms with Crippen LogP contribution in [0.2, 0.25) is 0 Å². The maximum atomic E-state index is 12.7. The van der Waals surface area contributed by atoms with Gasteiger partial charge in [0.1, 0.15) is 0 Å². The maximum Gasteiger partial charge on any atom is 0.251 e. The van der Waals surface area contributed by atoms with Gasteiger partial charge in [-0.3, -0.25) is 4.79 Å². The molecule has 2 aromatic carbocycles. The molecule has 0 radical (unpaired) electrons. The van der Waals surface area contributed by atoms with E-state index in [0.717, 1.165) is 5.56 Å². The number of benzene rings is 2. The van der Waals surface area contributed by atoms with E-state index in [-0.39, 0.29) is 22.8 Å². The molecular weight excluding hydrogens is 360 g/mol. The topological polar surface area (TPSA) is 66.5 Å². The first kappa shape index (κ1) is 21.1. The normalized spacial score (nSPS) is 13.0. The molecule has 146 valence electrons. The Morgan fingerprint density at radius 2 is 1.52 bits per heavy atom. The Kier molecular flexibility index (Phi) is 7.16. The van der Waals surface area contributed by atoms with Gasteiger partial charge in [-0.05, 0) is 35.7 Å². The highest BCUT2D eigenvalue weighted by atomic mass is 32.2. The molecule has 1 atom stereocenters. The molecule has 0 bridgehead atoms. The van der Waals surface area contributed by atoms with Gasteiger partial charge < -0.3 is 5.32 Å². The molecule has 0 spiro atoms. The van der Waals surface area contributed by atoms with E-state index in [4.69, 9.17) is 0 Å². The Balaban J connectivity index is 2.20. The number of hydrogen-bond acceptors (Lipinski definition) is 3. The molecule has 0 aliphatic heterocycles. The third-order valence-corrected chi connectivity index (χ3v) is 6.64. The number of hydrogen-bond donors (Lipinski definition) is 1. The van der Waals surface area contributed by atoms with Crippen LogP contribution in [-0.2, 0) is 10.0 Å². The van der Waals surface area contributed by atoms with Crippen LogP contribution in [0.25, 0.3) is 0 Å². The smallest absolute Gasteiger partial charge is 0.251 e. The van der Waals surface area contributed by atoms with Gasteiger partial charge in [-0.2, -0.15) is 4.31 Å². The molecule has 0 aliphatic rings. The van der Waals surface area contributed by atoms with Gasteiger partial charge in [0.25, 0.3) is 5.91 Å². The van der Waals surface area contributed by atoms with Crippen molar-refractivity contribution < 1.29 is 13.2 Å². The molecule has 1 amide bonds. The lowest BCUT2D eigenvalue weighted by atomic mass is 9.95. The largest absolute Gasteiger partial charge is 0.345 e. The van der Waals surface area contributed by atoms with Crippen molar-refractivity contribution in [1.29, 1.82) is 0 Å². The molecule has 0 fully saturated rings. The van der Waals surface area contributed by atoms with E-state index in [9.17, 15) is 13.2 Å². The summed E-state index contributed by atoms with van der Waals surface area (Å²) >= 11 is 0. The van der Waals surface area contributed by atoms with E-state index in [1.54, 1.807) is 26.0 Å². The highest BCUT2D eigenvalue weighted by Crippen LogP contribution is 2.22. The van der Waals surface area contributed by atoms with E-state index in [1.165, 1.54) is 16.4 Å². The fourth-order valence-corrected chi connectivity index (χ4v) is 4.47. The second-order valence-corrected chi connectivity index (χ2v) is 8.66. The minimum absolute atomic E-state index is 0.113. The van der Waals surface area contributed by atoms with Crippen LogP contribution in [-0.4, -0.2) is 31.7 Å². The summed E-state index contributed by atoms with van der Waals surface area (Å²) < 4.78 is 26.5. The second kappa shape index (κ2) is 9.15. The molecule has 5 nitrogen and oxygen atoms in total. The third-order valence-electron chi connectivity index (χ3n) is 4.57. The van der Waals surface area contributed by atoms with Crippen LogP contribution in [0.1, 0.15) is 49.7 Å². The molecule has 2 rings (SSSR count). The molecule has 0 heterocycles. The van der Waals surface area contributed by atoms with E-state index in [2.05, 4.69) is 19.2 Å². The Bertz CT molecular complexity index is 843. The van der Waals surface area contributed by atoms with Gasteiger partial charge >= 0.3 is 0 Å². The number of nitrogens with one attached hydrogen (secondary N) is 1. The zero-order valence-corrected chi connectivity index (χ0v) is 17.2. The SMILES string of the molecule is CCN(CC)S(=O)(=O)c1ccc(C(=O)N[C@@H](c2ccccc2)C(C)C)cc1. The first-order valence-corrected chi connectivity index (χ1v) is 10.7. The van der Waals surface area contributed by atoms with E-state index >= 15 is 0 Å². The summed E-state index contributed by atoms with van der Waals surface area (Å²) in [5.41, 5.74) is 1.48. The van der Waals surface area contributed by atoms with E-state index < -0.39 is 10.0 Å². The van der Waals surface area contributed by atoms with Crippen molar-refractivity contribution in [1.82, 2.24) is 9.62 Å². The Morgan fingerprint density at radius 1 is 0.963 bits per heavy atom. The standard InChI is InChI=1S/C21H28N2O3S/c1-5-23(6-2)27(25,26)19-14-12-18(13-15-19)21(24)22-20(16(3)4)17-10-8-7-9-11-17/h7-16,20H,5-6H2,1-4H3,(H,22,24)/t20-/m1/s1. The van der Waals surface area contributed by atoms with Gasteiger partial charge in [-0.25, -0.2) is 8.42 Å². The van der Waals surface area contributed by atoms with Crippen LogP contribution in [0.4, 0.5) is 0 Å². The fraction of sp³-hybridized carbons (Fsp3) is 0.381. The molecule has 0 saturated heterocycles. The van der Waals surface area contributed by atoms with Crippen molar-refractivity contribution in [3.63, 3.8) is 0 Å². The minimum Gasteiger partial charge on any atom is -0.345 e. The molecule has 0 unspecified atom stereocenters. The number of carbonyl (C=O) groups is 1. The highest BCUT2D eigenvalue weighted by Gasteiger charge is 2.23. The monoisotopic (exact) mass is 388 g/mol. The summed E-state index contributed by atoms with van der Waals surface area (Å²) in [4.78, 5) is 12.9. The van der Waals surface area contributed by atoms with Gasteiger partial charge in [-0.1, -0.05) is 58.0 Å². The Hall–Kier alpha value is -2.18. The quantitative estimate of drug-likeness (QED) is 0.747. The number of amides is 1. The predicted octanol–water partition coefficient (Wildman–Crippen LogP) is 3.84. The molecule has 2 aromatic rings. The Morgan fingerprint density at radius 3 is 2.00 bits per heavy atom. The summed E-state index contributed by atoms with van der Waals surface area (Å²) in [6.45, 7) is 8.54. The highest BCUT2D eigenvalue weighted by molar-refractivity contribution is 7.89. The van der Waals surface area contributed by atoms with E-state index in [1.807, 2.05) is 30.3 Å². The van der Waals surface area contributed by atoms with Gasteiger partial charge in [-0.15, -0.1) is 0 Å². The van der Waals surface area contributed by atoms with Gasteiger partial charge in [0.15, 0.2) is 0 Å². The minimum atomic E-state index is -3.52. The lowest BCUT2D eigenvalue weighted by Crippen LogP contribution is -2.32. The van der Waals surface area contributed by atoms with Crippen molar-refractivity contribution in [3.05, 3.63) is 65.7 Å². The zero-order chi connectivity index (χ0) is 20.0. The van der Waals surface area contributed by atoms with Crippen molar-refractivity contribution in [3.8, 4) is 0 Å². The summed E-state index contributed by atoms with van der Waals surface area (Å²) in [7, 11) is -3.52. The first-order valence-electron chi connectivity index (χ1n) is 9.27. The van der Waals surface area contributed by atoms with Crippen LogP contribution in [0, 0.1) is 5.92 Å². The van der Waals surface area contributed by atoms with Crippen LogP contribution < -0.4 is 5.32 Å². The van der Waals surface area contributed by atoms with Crippen LogP contribution in [0.3, 0.4) is 0 Å². The average molecular weight is 389 g/mol. The summed E-state index contributed by atoms with van der Waals surface area (Å²) in [6, 6.07) is 15.8. The molecule has 0 aromatic heterocycles. The average Bonchev–Trinajstić information content (AvgIpc) is 2.67. The number of sulfonamides is 1. The van der Waals surface area contributed by atoms with Gasteiger partial charge in [0.05, 0.1) is 10.9 Å². The molecule has 1 N–H and O–H groups in total. The first-order chi connectivity index (χ1) is 12.8. The van der Waals surface area contributed by atoms with Crippen molar-refractivity contribution in [2.24, 2.45) is 5.92 Å². The van der Waals surface area contributed by atoms with Gasteiger partial charge in [0.2, 0.25) is 10.0 Å². The summed E-state index contributed by atoms with van der Waals surface area (Å²) in [5, 5.41) is 3.05. The zero-order valence-electron chi connectivity index (χ0n) is 16.3. The molecule has 27 heavy (non-hydrogen) atoms. The lowest BCUT2D eigenvalue weighted by Gasteiger charge is -2.23. The summed E-state index contributed by atoms with van der Waals surface area (Å²) in [5.74, 6) is 0.00278. The maximum absolute atomic E-state index is 12.7. The molecule has 6 heteroatoms. The van der Waals surface area contributed by atoms with Crippen molar-refractivity contribution in [2.45, 2.75) is 38.6 Å². The molecule has 0 aliphatic carbocycles. The number of nitrogens with zero attached hydrogens (tertiary/aromatic N) is 1. The van der Waals surface area contributed by atoms with Crippen LogP contribution in [0.15, 0.2) is 59.5 Å². The predicted molar refractivity (Wildman–Crippen MR) is 108 cm³/mol.